The van der Waals surface area contributed by atoms with Crippen LogP contribution in [0.5, 0.6) is 0 Å². The highest BCUT2D eigenvalue weighted by atomic mass is 32.2. The molecule has 1 unspecified atom stereocenters. The van der Waals surface area contributed by atoms with Crippen LogP contribution in [-0.2, 0) is 27.1 Å². The fourth-order valence-corrected chi connectivity index (χ4v) is 6.32. The minimum atomic E-state index is -0.817. The van der Waals surface area contributed by atoms with E-state index in [0.717, 1.165) is 61.8 Å². The Hall–Kier alpha value is -1.95. The van der Waals surface area contributed by atoms with Gasteiger partial charge in [0, 0.05) is 37.6 Å². The van der Waals surface area contributed by atoms with E-state index in [-0.39, 0.29) is 12.1 Å². The first-order valence-electron chi connectivity index (χ1n) is 11.1. The fraction of sp³-hybridized carbons (Fsp3) is 0.619. The second-order valence-electron chi connectivity index (χ2n) is 8.28. The van der Waals surface area contributed by atoms with Crippen molar-refractivity contribution in [2.75, 3.05) is 48.4 Å². The monoisotopic (exact) mass is 478 g/mol. The smallest absolute Gasteiger partial charge is 0.358 e. The summed E-state index contributed by atoms with van der Waals surface area (Å²) in [6.45, 7) is 5.69. The summed E-state index contributed by atoms with van der Waals surface area (Å²) in [5.41, 5.74) is 2.93. The molecule has 1 atom stereocenters. The van der Waals surface area contributed by atoms with Crippen LogP contribution in [0.4, 0.5) is 11.8 Å². The molecule has 5 rings (SSSR count). The Bertz CT molecular complexity index is 948. The Balaban J connectivity index is 1.36. The van der Waals surface area contributed by atoms with E-state index in [1.807, 2.05) is 4.90 Å². The van der Waals surface area contributed by atoms with Crippen molar-refractivity contribution in [1.29, 1.82) is 0 Å². The molecule has 0 saturated carbocycles. The predicted molar refractivity (Wildman–Crippen MR) is 124 cm³/mol. The third-order valence-corrected chi connectivity index (χ3v) is 8.15. The van der Waals surface area contributed by atoms with Gasteiger partial charge in [0.05, 0.1) is 18.6 Å². The van der Waals surface area contributed by atoms with E-state index in [1.165, 1.54) is 11.3 Å². The van der Waals surface area contributed by atoms with Crippen LogP contribution in [0.1, 0.15) is 42.4 Å². The van der Waals surface area contributed by atoms with E-state index in [0.29, 0.717) is 36.5 Å². The Kier molecular flexibility index (Phi) is 6.49. The van der Waals surface area contributed by atoms with Gasteiger partial charge < -0.3 is 19.3 Å². The second-order valence-corrected chi connectivity index (χ2v) is 10.5. The zero-order chi connectivity index (χ0) is 22.1. The Morgan fingerprint density at radius 2 is 2.19 bits per heavy atom. The third-order valence-electron chi connectivity index (χ3n) is 6.09. The van der Waals surface area contributed by atoms with Crippen molar-refractivity contribution in [3.05, 3.63) is 22.3 Å². The number of nitrogens with zero attached hydrogens (tertiary/aromatic N) is 5. The summed E-state index contributed by atoms with van der Waals surface area (Å²) in [5, 5.41) is 1.69. The summed E-state index contributed by atoms with van der Waals surface area (Å²) in [7, 11) is 0. The first-order valence-corrected chi connectivity index (χ1v) is 13.4. The summed E-state index contributed by atoms with van der Waals surface area (Å²) in [6, 6.07) is 0.358. The largest absolute Gasteiger partial charge is 0.454 e. The first kappa shape index (κ1) is 21.9. The van der Waals surface area contributed by atoms with Gasteiger partial charge in [-0.3, -0.25) is 0 Å². The van der Waals surface area contributed by atoms with Crippen LogP contribution >= 0.6 is 11.3 Å². The van der Waals surface area contributed by atoms with Gasteiger partial charge in [0.2, 0.25) is 5.95 Å². The highest BCUT2D eigenvalue weighted by Gasteiger charge is 2.42. The molecule has 32 heavy (non-hydrogen) atoms. The summed E-state index contributed by atoms with van der Waals surface area (Å²) in [6.07, 6.45) is 3.50. The average Bonchev–Trinajstić information content (AvgIpc) is 3.45. The van der Waals surface area contributed by atoms with Gasteiger partial charge in [-0.2, -0.15) is 9.54 Å². The molecule has 5 heterocycles. The van der Waals surface area contributed by atoms with Gasteiger partial charge in [-0.15, -0.1) is 11.3 Å². The topological polar surface area (TPSA) is 101 Å². The van der Waals surface area contributed by atoms with Crippen LogP contribution in [0, 0.1) is 0 Å². The van der Waals surface area contributed by atoms with Crippen LogP contribution in [0.2, 0.25) is 0 Å². The Morgan fingerprint density at radius 1 is 1.38 bits per heavy atom. The maximum Gasteiger partial charge on any atom is 0.358 e. The number of fused-ring (bicyclic) bond motifs is 1. The van der Waals surface area contributed by atoms with Crippen molar-refractivity contribution in [2.45, 2.75) is 49.6 Å². The minimum absolute atomic E-state index is 0.195. The third kappa shape index (κ3) is 4.30. The molecule has 0 amide bonds. The number of thiazole rings is 1. The quantitative estimate of drug-likeness (QED) is 0.475. The zero-order valence-electron chi connectivity index (χ0n) is 18.1. The SMILES string of the molecule is CCCN(c1nc(N2CC(OC(=O)c3cscn3)C2)nc2c1[S+](O)CC2)C1CCOCC1. The van der Waals surface area contributed by atoms with Crippen molar-refractivity contribution in [3.63, 3.8) is 0 Å². The lowest BCUT2D eigenvalue weighted by Crippen LogP contribution is -2.54. The maximum absolute atomic E-state index is 12.2. The summed E-state index contributed by atoms with van der Waals surface area (Å²) >= 11 is 0.558. The summed E-state index contributed by atoms with van der Waals surface area (Å²) < 4.78 is 21.9. The minimum Gasteiger partial charge on any atom is -0.454 e. The number of aromatic nitrogens is 3. The van der Waals surface area contributed by atoms with E-state index < -0.39 is 11.2 Å². The molecule has 172 valence electrons. The van der Waals surface area contributed by atoms with Gasteiger partial charge in [0.25, 0.3) is 4.90 Å². The molecule has 2 aromatic rings. The highest BCUT2D eigenvalue weighted by molar-refractivity contribution is 7.92. The van der Waals surface area contributed by atoms with Crippen molar-refractivity contribution in [2.24, 2.45) is 0 Å². The molecule has 0 aliphatic carbocycles. The molecule has 2 fully saturated rings. The zero-order valence-corrected chi connectivity index (χ0v) is 19.7. The molecule has 3 aliphatic rings. The molecule has 0 radical (unpaired) electrons. The van der Waals surface area contributed by atoms with Crippen LogP contribution < -0.4 is 9.80 Å². The second kappa shape index (κ2) is 9.50. The molecule has 0 aromatic carbocycles. The Morgan fingerprint density at radius 3 is 2.91 bits per heavy atom. The summed E-state index contributed by atoms with van der Waals surface area (Å²) in [5.74, 6) is 1.86. The van der Waals surface area contributed by atoms with Crippen LogP contribution in [-0.4, -0.2) is 76.2 Å². The molecule has 3 aliphatic heterocycles. The van der Waals surface area contributed by atoms with E-state index in [9.17, 15) is 9.35 Å². The van der Waals surface area contributed by atoms with Crippen molar-refractivity contribution in [3.8, 4) is 0 Å². The van der Waals surface area contributed by atoms with Gasteiger partial charge in [0.15, 0.2) is 28.4 Å². The maximum atomic E-state index is 12.2. The molecule has 2 saturated heterocycles. The molecular weight excluding hydrogens is 450 g/mol. The van der Waals surface area contributed by atoms with Gasteiger partial charge in [-0.1, -0.05) is 6.92 Å². The van der Waals surface area contributed by atoms with E-state index >= 15 is 0 Å². The lowest BCUT2D eigenvalue weighted by atomic mass is 10.1. The molecule has 2 aromatic heterocycles. The van der Waals surface area contributed by atoms with E-state index in [2.05, 4.69) is 16.8 Å². The number of hydrogen-bond acceptors (Lipinski definition) is 10. The molecular formula is C21H28N5O4S2+. The first-order chi connectivity index (χ1) is 15.6. The number of carbonyl (C=O) groups is 1. The fourth-order valence-electron chi connectivity index (χ4n) is 4.41. The van der Waals surface area contributed by atoms with Crippen LogP contribution in [0.25, 0.3) is 0 Å². The lowest BCUT2D eigenvalue weighted by molar-refractivity contribution is 0.0225. The van der Waals surface area contributed by atoms with Crippen LogP contribution in [0.3, 0.4) is 0 Å². The number of rotatable bonds is 7. The number of carbonyl (C=O) groups excluding carboxylic acids is 1. The number of hydrogen-bond donors (Lipinski definition) is 1. The van der Waals surface area contributed by atoms with Gasteiger partial charge in [-0.25, -0.2) is 14.8 Å². The van der Waals surface area contributed by atoms with Crippen molar-refractivity contribution in [1.82, 2.24) is 15.0 Å². The van der Waals surface area contributed by atoms with Gasteiger partial charge >= 0.3 is 5.97 Å². The molecule has 0 bridgehead atoms. The van der Waals surface area contributed by atoms with E-state index in [4.69, 9.17) is 19.4 Å². The van der Waals surface area contributed by atoms with Gasteiger partial charge in [0.1, 0.15) is 11.8 Å². The number of esters is 1. The normalized spacial score (nSPS) is 21.3. The Labute approximate surface area is 194 Å². The molecule has 1 N–H and O–H groups in total. The highest BCUT2D eigenvalue weighted by Crippen LogP contribution is 2.37. The summed E-state index contributed by atoms with van der Waals surface area (Å²) in [4.78, 5) is 31.3. The molecule has 9 nitrogen and oxygen atoms in total. The predicted octanol–water partition coefficient (Wildman–Crippen LogP) is 2.38. The lowest BCUT2D eigenvalue weighted by Gasteiger charge is -2.39. The average molecular weight is 479 g/mol. The van der Waals surface area contributed by atoms with Gasteiger partial charge in [-0.05, 0) is 19.3 Å². The van der Waals surface area contributed by atoms with Crippen LogP contribution in [0.15, 0.2) is 15.8 Å². The van der Waals surface area contributed by atoms with Crippen molar-refractivity contribution >= 4 is 40.2 Å². The van der Waals surface area contributed by atoms with Crippen molar-refractivity contribution < 1.29 is 18.8 Å². The standard InChI is InChI=1S/C21H28N5O4S2/c1-2-6-26(14-3-7-29-8-4-14)19-18-16(5-9-32(18)28)23-21(24-19)25-10-15(11-25)30-20(27)17-12-31-13-22-17/h12-15,28H,2-11H2,1H3/q+1. The molecule has 11 heteroatoms. The van der Waals surface area contributed by atoms with E-state index in [1.54, 1.807) is 10.9 Å². The number of aryl methyl sites for hydroxylation is 1. The molecule has 0 spiro atoms. The number of anilines is 2. The number of ether oxygens (including phenoxy) is 2.